The summed E-state index contributed by atoms with van der Waals surface area (Å²) in [4.78, 5) is 12.1. The Morgan fingerprint density at radius 1 is 1.37 bits per heavy atom. The van der Waals surface area contributed by atoms with Crippen molar-refractivity contribution in [3.05, 3.63) is 29.3 Å². The maximum absolute atomic E-state index is 12.1. The first-order valence-electron chi connectivity index (χ1n) is 6.96. The number of nitrogens with one attached hydrogen (secondary N) is 2. The fraction of sp³-hybridized carbons (Fsp3) is 0.533. The van der Waals surface area contributed by atoms with E-state index in [1.54, 1.807) is 6.07 Å². The molecule has 0 fully saturated rings. The molecule has 0 heterocycles. The lowest BCUT2D eigenvalue weighted by atomic mass is 10.1. The topological polar surface area (TPSA) is 67.2 Å². The number of amides is 1. The van der Waals surface area contributed by atoms with Gasteiger partial charge in [0.25, 0.3) is 5.91 Å². The molecule has 1 unspecified atom stereocenters. The maximum atomic E-state index is 12.1. The molecule has 0 aliphatic carbocycles. The molecule has 1 atom stereocenters. The van der Waals surface area contributed by atoms with Crippen molar-refractivity contribution in [3.63, 3.8) is 0 Å². The molecule has 4 N–H and O–H groups in total. The molecule has 4 nitrogen and oxygen atoms in total. The minimum Gasteiger partial charge on any atom is -0.350 e. The fourth-order valence-electron chi connectivity index (χ4n) is 2.08. The van der Waals surface area contributed by atoms with Crippen molar-refractivity contribution in [1.82, 2.24) is 5.32 Å². The van der Waals surface area contributed by atoms with E-state index in [2.05, 4.69) is 24.6 Å². The summed E-state index contributed by atoms with van der Waals surface area (Å²) >= 11 is 0. The van der Waals surface area contributed by atoms with Gasteiger partial charge in [0.2, 0.25) is 0 Å². The quantitative estimate of drug-likeness (QED) is 0.402. The van der Waals surface area contributed by atoms with Gasteiger partial charge in [-0.25, -0.2) is 0 Å². The van der Waals surface area contributed by atoms with Gasteiger partial charge in [-0.05, 0) is 44.0 Å². The zero-order valence-corrected chi connectivity index (χ0v) is 12.1. The van der Waals surface area contributed by atoms with E-state index in [-0.39, 0.29) is 11.9 Å². The summed E-state index contributed by atoms with van der Waals surface area (Å²) in [7, 11) is 0. The number of aryl methyl sites for hydroxylation is 1. The first kappa shape index (κ1) is 15.5. The van der Waals surface area contributed by atoms with Gasteiger partial charge in [-0.1, -0.05) is 26.2 Å². The number of hydrogen-bond acceptors (Lipinski definition) is 3. The Morgan fingerprint density at radius 3 is 2.68 bits per heavy atom. The summed E-state index contributed by atoms with van der Waals surface area (Å²) in [6, 6.07) is 5.70. The van der Waals surface area contributed by atoms with Crippen LogP contribution < -0.4 is 16.6 Å². The van der Waals surface area contributed by atoms with Crippen LogP contribution in [0.2, 0.25) is 0 Å². The average Bonchev–Trinajstić information content (AvgIpc) is 2.38. The monoisotopic (exact) mass is 263 g/mol. The predicted octanol–water partition coefficient (Wildman–Crippen LogP) is 2.98. The number of hydrazine groups is 1. The molecule has 19 heavy (non-hydrogen) atoms. The second-order valence-corrected chi connectivity index (χ2v) is 5.04. The predicted molar refractivity (Wildman–Crippen MR) is 80.1 cm³/mol. The van der Waals surface area contributed by atoms with Crippen molar-refractivity contribution in [1.29, 1.82) is 0 Å². The number of carbonyl (C=O) groups excluding carboxylic acids is 1. The molecule has 1 amide bonds. The molecule has 1 aromatic carbocycles. The third kappa shape index (κ3) is 4.91. The van der Waals surface area contributed by atoms with Gasteiger partial charge in [0.15, 0.2) is 0 Å². The molecular weight excluding hydrogens is 238 g/mol. The number of rotatable bonds is 7. The number of nitrogens with two attached hydrogens (primary N) is 1. The summed E-state index contributed by atoms with van der Waals surface area (Å²) in [5.41, 5.74) is 5.02. The Bertz CT molecular complexity index is 418. The van der Waals surface area contributed by atoms with Crippen LogP contribution in [0.15, 0.2) is 18.2 Å². The first-order chi connectivity index (χ1) is 9.08. The minimum atomic E-state index is -0.00919. The van der Waals surface area contributed by atoms with Crippen LogP contribution in [-0.2, 0) is 0 Å². The third-order valence-corrected chi connectivity index (χ3v) is 3.26. The zero-order chi connectivity index (χ0) is 14.3. The van der Waals surface area contributed by atoms with Crippen LogP contribution in [0.5, 0.6) is 0 Å². The second kappa shape index (κ2) is 7.79. The van der Waals surface area contributed by atoms with Gasteiger partial charge in [0, 0.05) is 17.3 Å². The van der Waals surface area contributed by atoms with Crippen LogP contribution >= 0.6 is 0 Å². The highest BCUT2D eigenvalue weighted by atomic mass is 16.1. The summed E-state index contributed by atoms with van der Waals surface area (Å²) in [5.74, 6) is 5.33. The maximum Gasteiger partial charge on any atom is 0.251 e. The van der Waals surface area contributed by atoms with Crippen molar-refractivity contribution in [2.45, 2.75) is 52.5 Å². The van der Waals surface area contributed by atoms with Crippen LogP contribution in [0, 0.1) is 6.92 Å². The SMILES string of the molecule is CCCCCC(C)NC(=O)c1ccc(NN)cc1C. The standard InChI is InChI=1S/C15H25N3O/c1-4-5-6-7-12(3)17-15(19)14-9-8-13(18-16)10-11(14)2/h8-10,12,18H,4-7,16H2,1-3H3,(H,17,19). The highest BCUT2D eigenvalue weighted by Gasteiger charge is 2.12. The van der Waals surface area contributed by atoms with Crippen molar-refractivity contribution < 1.29 is 4.79 Å². The Hall–Kier alpha value is -1.55. The summed E-state index contributed by atoms with van der Waals surface area (Å²) in [6.07, 6.45) is 4.61. The molecule has 0 aromatic heterocycles. The summed E-state index contributed by atoms with van der Waals surface area (Å²) < 4.78 is 0. The molecule has 4 heteroatoms. The van der Waals surface area contributed by atoms with Crippen LogP contribution in [0.4, 0.5) is 5.69 Å². The molecule has 106 valence electrons. The van der Waals surface area contributed by atoms with Gasteiger partial charge < -0.3 is 10.7 Å². The molecule has 0 aliphatic rings. The van der Waals surface area contributed by atoms with Crippen molar-refractivity contribution in [3.8, 4) is 0 Å². The van der Waals surface area contributed by atoms with Gasteiger partial charge in [0.05, 0.1) is 0 Å². The Kier molecular flexibility index (Phi) is 6.36. The first-order valence-corrected chi connectivity index (χ1v) is 6.96. The Morgan fingerprint density at radius 2 is 2.11 bits per heavy atom. The average molecular weight is 263 g/mol. The van der Waals surface area contributed by atoms with Crippen LogP contribution in [-0.4, -0.2) is 11.9 Å². The molecule has 1 rings (SSSR count). The molecule has 0 saturated carbocycles. The van der Waals surface area contributed by atoms with Crippen LogP contribution in [0.25, 0.3) is 0 Å². The van der Waals surface area contributed by atoms with Gasteiger partial charge >= 0.3 is 0 Å². The van der Waals surface area contributed by atoms with Gasteiger partial charge in [-0.15, -0.1) is 0 Å². The minimum absolute atomic E-state index is 0.00919. The van der Waals surface area contributed by atoms with Crippen molar-refractivity contribution in [2.75, 3.05) is 5.43 Å². The summed E-state index contributed by atoms with van der Waals surface area (Å²) in [5, 5.41) is 3.04. The molecule has 0 aliphatic heterocycles. The van der Waals surface area contributed by atoms with E-state index in [0.29, 0.717) is 5.56 Å². The zero-order valence-electron chi connectivity index (χ0n) is 12.1. The normalized spacial score (nSPS) is 12.0. The molecule has 0 bridgehead atoms. The molecule has 1 aromatic rings. The summed E-state index contributed by atoms with van der Waals surface area (Å²) in [6.45, 7) is 6.15. The van der Waals surface area contributed by atoms with Crippen LogP contribution in [0.1, 0.15) is 55.5 Å². The highest BCUT2D eigenvalue weighted by molar-refractivity contribution is 5.96. The largest absolute Gasteiger partial charge is 0.350 e. The molecule has 0 spiro atoms. The number of unbranched alkanes of at least 4 members (excludes halogenated alkanes) is 2. The molecule has 0 radical (unpaired) electrons. The van der Waals surface area contributed by atoms with Gasteiger partial charge in [-0.2, -0.15) is 0 Å². The van der Waals surface area contributed by atoms with E-state index in [4.69, 9.17) is 5.84 Å². The Labute approximate surface area is 115 Å². The van der Waals surface area contributed by atoms with E-state index < -0.39 is 0 Å². The third-order valence-electron chi connectivity index (χ3n) is 3.26. The van der Waals surface area contributed by atoms with Gasteiger partial charge in [0.1, 0.15) is 0 Å². The number of benzene rings is 1. The fourth-order valence-corrected chi connectivity index (χ4v) is 2.08. The van der Waals surface area contributed by atoms with E-state index >= 15 is 0 Å². The lowest BCUT2D eigenvalue weighted by Gasteiger charge is -2.15. The van der Waals surface area contributed by atoms with E-state index in [9.17, 15) is 4.79 Å². The number of anilines is 1. The lowest BCUT2D eigenvalue weighted by molar-refractivity contribution is 0.0937. The lowest BCUT2D eigenvalue weighted by Crippen LogP contribution is -2.32. The Balaban J connectivity index is 2.57. The molecule has 0 saturated heterocycles. The van der Waals surface area contributed by atoms with E-state index in [1.807, 2.05) is 19.1 Å². The van der Waals surface area contributed by atoms with E-state index in [0.717, 1.165) is 24.1 Å². The van der Waals surface area contributed by atoms with E-state index in [1.165, 1.54) is 12.8 Å². The highest BCUT2D eigenvalue weighted by Crippen LogP contribution is 2.14. The second-order valence-electron chi connectivity index (χ2n) is 5.04. The van der Waals surface area contributed by atoms with Crippen LogP contribution in [0.3, 0.4) is 0 Å². The number of carbonyl (C=O) groups is 1. The molecular formula is C15H25N3O. The van der Waals surface area contributed by atoms with Crippen molar-refractivity contribution >= 4 is 11.6 Å². The van der Waals surface area contributed by atoms with Crippen molar-refractivity contribution in [2.24, 2.45) is 5.84 Å². The smallest absolute Gasteiger partial charge is 0.251 e. The number of nitrogen functional groups attached to an aromatic ring is 1. The van der Waals surface area contributed by atoms with Gasteiger partial charge in [-0.3, -0.25) is 10.6 Å². The number of hydrogen-bond donors (Lipinski definition) is 3.